The van der Waals surface area contributed by atoms with Gasteiger partial charge in [0.15, 0.2) is 4.84 Å². The van der Waals surface area contributed by atoms with E-state index in [9.17, 15) is 9.59 Å². The number of halogens is 2. The van der Waals surface area contributed by atoms with Gasteiger partial charge in [0.25, 0.3) is 5.91 Å². The van der Waals surface area contributed by atoms with Crippen molar-refractivity contribution in [3.8, 4) is 0 Å². The molecule has 0 radical (unpaired) electrons. The first kappa shape index (κ1) is 13.0. The van der Waals surface area contributed by atoms with Crippen molar-refractivity contribution >= 4 is 35.0 Å². The predicted molar refractivity (Wildman–Crippen MR) is 65.8 cm³/mol. The molecule has 0 aromatic heterocycles. The number of alkyl halides is 2. The minimum atomic E-state index is -1.05. The number of rotatable bonds is 1. The fraction of sp³-hybridized carbons (Fsp3) is 0.818. The van der Waals surface area contributed by atoms with Crippen LogP contribution in [0.2, 0.25) is 0 Å². The third kappa shape index (κ3) is 2.13. The third-order valence-corrected chi connectivity index (χ3v) is 4.12. The Hall–Kier alpha value is -0.480. The van der Waals surface area contributed by atoms with E-state index in [4.69, 9.17) is 23.2 Å². The van der Waals surface area contributed by atoms with Crippen molar-refractivity contribution in [2.75, 3.05) is 13.1 Å². The van der Waals surface area contributed by atoms with Crippen LogP contribution in [0.5, 0.6) is 0 Å². The molecule has 2 rings (SSSR count). The van der Waals surface area contributed by atoms with Gasteiger partial charge >= 0.3 is 0 Å². The molecule has 6 heteroatoms. The van der Waals surface area contributed by atoms with E-state index in [1.165, 1.54) is 0 Å². The molecule has 0 bridgehead atoms. The van der Waals surface area contributed by atoms with Crippen LogP contribution in [-0.4, -0.2) is 45.2 Å². The van der Waals surface area contributed by atoms with Gasteiger partial charge in [-0.25, -0.2) is 0 Å². The molecular weight excluding hydrogens is 263 g/mol. The van der Waals surface area contributed by atoms with Crippen LogP contribution < -0.4 is 0 Å². The second-order valence-electron chi connectivity index (χ2n) is 4.76. The van der Waals surface area contributed by atoms with Gasteiger partial charge in [-0.3, -0.25) is 9.59 Å². The van der Waals surface area contributed by atoms with Crippen LogP contribution >= 0.6 is 23.2 Å². The van der Waals surface area contributed by atoms with Crippen molar-refractivity contribution in [2.24, 2.45) is 0 Å². The van der Waals surface area contributed by atoms with Crippen molar-refractivity contribution in [3.05, 3.63) is 0 Å². The number of carbonyl (C=O) groups is 2. The third-order valence-electron chi connectivity index (χ3n) is 3.74. The number of hydrogen-bond donors (Lipinski definition) is 0. The predicted octanol–water partition coefficient (Wildman–Crippen LogP) is 1.75. The molecule has 2 amide bonds. The van der Waals surface area contributed by atoms with Crippen LogP contribution in [-0.2, 0) is 9.59 Å². The highest BCUT2D eigenvalue weighted by Crippen LogP contribution is 2.36. The Labute approximate surface area is 111 Å². The van der Waals surface area contributed by atoms with E-state index in [0.29, 0.717) is 25.9 Å². The molecule has 2 fully saturated rings. The number of hydrogen-bond acceptors (Lipinski definition) is 2. The zero-order chi connectivity index (χ0) is 12.6. The lowest BCUT2D eigenvalue weighted by atomic mass is 10.1. The highest BCUT2D eigenvalue weighted by molar-refractivity contribution is 6.53. The zero-order valence-electron chi connectivity index (χ0n) is 9.79. The van der Waals surface area contributed by atoms with E-state index >= 15 is 0 Å². The lowest BCUT2D eigenvalue weighted by Gasteiger charge is -2.43. The first-order valence-electron chi connectivity index (χ1n) is 5.87. The summed E-state index contributed by atoms with van der Waals surface area (Å²) in [6.45, 7) is 3.26. The molecule has 0 spiro atoms. The summed E-state index contributed by atoms with van der Waals surface area (Å²) in [6, 6.07) is 0. The van der Waals surface area contributed by atoms with E-state index in [1.807, 2.05) is 6.92 Å². The molecule has 17 heavy (non-hydrogen) atoms. The van der Waals surface area contributed by atoms with E-state index in [1.54, 1.807) is 9.80 Å². The summed E-state index contributed by atoms with van der Waals surface area (Å²) in [5.41, 5.74) is -0.535. The lowest BCUT2D eigenvalue weighted by Crippen LogP contribution is -2.58. The van der Waals surface area contributed by atoms with Gasteiger partial charge in [0.05, 0.1) is 0 Å². The maximum atomic E-state index is 12.0. The largest absolute Gasteiger partial charge is 0.320 e. The van der Waals surface area contributed by atoms with Crippen LogP contribution in [0.25, 0.3) is 0 Å². The van der Waals surface area contributed by atoms with E-state index < -0.39 is 10.5 Å². The molecule has 96 valence electrons. The van der Waals surface area contributed by atoms with E-state index in [0.717, 1.165) is 12.8 Å². The molecule has 1 unspecified atom stereocenters. The SMILES string of the molecule is CC12CCC(=O)N1CCCCN2C(=O)C(Cl)Cl. The van der Waals surface area contributed by atoms with Gasteiger partial charge in [-0.05, 0) is 26.2 Å². The Morgan fingerprint density at radius 1 is 1.35 bits per heavy atom. The molecule has 0 saturated carbocycles. The summed E-state index contributed by atoms with van der Waals surface area (Å²) in [4.78, 5) is 26.3. The van der Waals surface area contributed by atoms with Gasteiger partial charge in [0.1, 0.15) is 5.66 Å². The fourth-order valence-corrected chi connectivity index (χ4v) is 3.01. The average Bonchev–Trinajstić information content (AvgIpc) is 2.48. The number of carbonyl (C=O) groups excluding carboxylic acids is 2. The average molecular weight is 279 g/mol. The van der Waals surface area contributed by atoms with Crippen molar-refractivity contribution in [2.45, 2.75) is 43.1 Å². The van der Waals surface area contributed by atoms with Crippen LogP contribution in [0.3, 0.4) is 0 Å². The maximum Gasteiger partial charge on any atom is 0.257 e. The van der Waals surface area contributed by atoms with Crippen LogP contribution in [0.4, 0.5) is 0 Å². The molecule has 2 saturated heterocycles. The minimum Gasteiger partial charge on any atom is -0.320 e. The monoisotopic (exact) mass is 278 g/mol. The first-order chi connectivity index (χ1) is 7.97. The van der Waals surface area contributed by atoms with E-state index in [-0.39, 0.29) is 11.8 Å². The molecular formula is C11H16Cl2N2O2. The minimum absolute atomic E-state index is 0.118. The Kier molecular flexibility index (Phi) is 3.55. The quantitative estimate of drug-likeness (QED) is 0.686. The highest BCUT2D eigenvalue weighted by Gasteiger charge is 2.49. The molecule has 2 aliphatic heterocycles. The van der Waals surface area contributed by atoms with Crippen molar-refractivity contribution in [1.82, 2.24) is 9.80 Å². The van der Waals surface area contributed by atoms with Gasteiger partial charge in [0.2, 0.25) is 5.91 Å². The van der Waals surface area contributed by atoms with Crippen molar-refractivity contribution < 1.29 is 9.59 Å². The Balaban J connectivity index is 2.30. The maximum absolute atomic E-state index is 12.0. The molecule has 1 atom stereocenters. The topological polar surface area (TPSA) is 40.6 Å². The number of fused-ring (bicyclic) bond motifs is 1. The summed E-state index contributed by atoms with van der Waals surface area (Å²) < 4.78 is 0. The summed E-state index contributed by atoms with van der Waals surface area (Å²) in [6.07, 6.45) is 2.96. The molecule has 4 nitrogen and oxygen atoms in total. The summed E-state index contributed by atoms with van der Waals surface area (Å²) in [7, 11) is 0. The summed E-state index contributed by atoms with van der Waals surface area (Å²) in [5.74, 6) is -0.176. The number of amides is 2. The highest BCUT2D eigenvalue weighted by atomic mass is 35.5. The fourth-order valence-electron chi connectivity index (χ4n) is 2.77. The Morgan fingerprint density at radius 3 is 2.65 bits per heavy atom. The van der Waals surface area contributed by atoms with Crippen LogP contribution in [0, 0.1) is 0 Å². The number of nitrogens with zero attached hydrogens (tertiary/aromatic N) is 2. The first-order valence-corrected chi connectivity index (χ1v) is 6.74. The zero-order valence-corrected chi connectivity index (χ0v) is 11.3. The summed E-state index contributed by atoms with van der Waals surface area (Å²) in [5, 5.41) is 0. The smallest absolute Gasteiger partial charge is 0.257 e. The van der Waals surface area contributed by atoms with Gasteiger partial charge in [-0.15, -0.1) is 0 Å². The van der Waals surface area contributed by atoms with Crippen molar-refractivity contribution in [3.63, 3.8) is 0 Å². The Morgan fingerprint density at radius 2 is 2.00 bits per heavy atom. The second-order valence-corrected chi connectivity index (χ2v) is 5.86. The van der Waals surface area contributed by atoms with Gasteiger partial charge in [-0.2, -0.15) is 0 Å². The van der Waals surface area contributed by atoms with Gasteiger partial charge in [0, 0.05) is 19.5 Å². The normalized spacial score (nSPS) is 29.5. The van der Waals surface area contributed by atoms with Crippen LogP contribution in [0.15, 0.2) is 0 Å². The molecule has 2 aliphatic rings. The molecule has 0 aromatic carbocycles. The van der Waals surface area contributed by atoms with Gasteiger partial charge < -0.3 is 9.80 Å². The van der Waals surface area contributed by atoms with Crippen molar-refractivity contribution in [1.29, 1.82) is 0 Å². The second kappa shape index (κ2) is 4.65. The van der Waals surface area contributed by atoms with Crippen LogP contribution in [0.1, 0.15) is 32.6 Å². The van der Waals surface area contributed by atoms with Gasteiger partial charge in [-0.1, -0.05) is 23.2 Å². The molecule has 0 N–H and O–H groups in total. The molecule has 0 aliphatic carbocycles. The molecule has 0 aromatic rings. The molecule has 2 heterocycles. The lowest BCUT2D eigenvalue weighted by molar-refractivity contribution is -0.146. The standard InChI is InChI=1S/C11H16Cl2N2O2/c1-11-5-4-8(16)14(11)6-2-3-7-15(11)10(17)9(12)13/h9H,2-7H2,1H3. The van der Waals surface area contributed by atoms with E-state index in [2.05, 4.69) is 0 Å². The summed E-state index contributed by atoms with van der Waals surface area (Å²) >= 11 is 11.3. The Bertz CT molecular complexity index is 348.